The zero-order valence-corrected chi connectivity index (χ0v) is 44.0. The number of nitrogens with one attached hydrogen (secondary N) is 1. The summed E-state index contributed by atoms with van der Waals surface area (Å²) in [6, 6.07) is 42.5. The zero-order valence-electron chi connectivity index (χ0n) is 42.6. The first-order valence-corrected chi connectivity index (χ1v) is 24.6. The van der Waals surface area contributed by atoms with Gasteiger partial charge in [-0.1, -0.05) is 136 Å². The molecule has 0 spiro atoms. The van der Waals surface area contributed by atoms with E-state index in [1.165, 1.54) is 61.2 Å². The summed E-state index contributed by atoms with van der Waals surface area (Å²) in [6.45, 7) is 32.9. The lowest BCUT2D eigenvalue weighted by Crippen LogP contribution is -2.42. The van der Waals surface area contributed by atoms with Crippen molar-refractivity contribution in [1.82, 2.24) is 31.1 Å². The molecule has 5 aliphatic rings. The van der Waals surface area contributed by atoms with E-state index in [4.69, 9.17) is 18.0 Å². The Morgan fingerprint density at radius 1 is 0.565 bits per heavy atom. The lowest BCUT2D eigenvalue weighted by molar-refractivity contribution is 0.175. The zero-order chi connectivity index (χ0) is 46.5. The third-order valence-corrected chi connectivity index (χ3v) is 13.6. The molecule has 11 N–H and O–H groups in total. The summed E-state index contributed by atoms with van der Waals surface area (Å²) < 4.78 is 0. The fourth-order valence-electron chi connectivity index (χ4n) is 9.43. The van der Waals surface area contributed by atoms with Crippen molar-refractivity contribution in [2.45, 2.75) is 124 Å². The van der Waals surface area contributed by atoms with Crippen LogP contribution >= 0.6 is 9.90 Å². The van der Waals surface area contributed by atoms with Crippen molar-refractivity contribution in [1.29, 1.82) is 0 Å². The van der Waals surface area contributed by atoms with Crippen molar-refractivity contribution in [3.63, 3.8) is 0 Å². The molecular formula is C57H96N9O2P. The number of likely N-dealkylation sites (tertiary alicyclic amines) is 4. The van der Waals surface area contributed by atoms with Crippen LogP contribution in [-0.2, 0) is 26.2 Å². The summed E-state index contributed by atoms with van der Waals surface area (Å²) in [5, 5.41) is 12.6. The Morgan fingerprint density at radius 3 is 1.25 bits per heavy atom. The van der Waals surface area contributed by atoms with E-state index in [9.17, 15) is 5.11 Å². The quantitative estimate of drug-likeness (QED) is 0.0773. The van der Waals surface area contributed by atoms with Crippen LogP contribution in [0.4, 0.5) is 0 Å². The monoisotopic (exact) mass is 970 g/mol. The average molecular weight is 970 g/mol. The number of hydrogen-bond acceptors (Lipinski definition) is 9. The Bertz CT molecular complexity index is 1850. The fraction of sp³-hybridized carbons (Fsp3) is 0.561. The predicted molar refractivity (Wildman–Crippen MR) is 298 cm³/mol. The summed E-state index contributed by atoms with van der Waals surface area (Å²) in [5.74, 6) is 2.21. The van der Waals surface area contributed by atoms with Crippen LogP contribution in [0.25, 0.3) is 4.85 Å². The molecule has 5 fully saturated rings. The molecule has 386 valence electrons. The molecule has 12 heteroatoms. The molecule has 1 unspecified atom stereocenters. The van der Waals surface area contributed by atoms with E-state index in [2.05, 4.69) is 174 Å². The molecule has 0 saturated carbocycles. The van der Waals surface area contributed by atoms with Gasteiger partial charge in [0.15, 0.2) is 0 Å². The number of rotatable bonds is 10. The maximum Gasteiger partial charge on any atom is 0.237 e. The van der Waals surface area contributed by atoms with Gasteiger partial charge >= 0.3 is 0 Å². The smallest absolute Gasteiger partial charge is 0.237 e. The Morgan fingerprint density at radius 2 is 0.942 bits per heavy atom. The Hall–Kier alpha value is -3.60. The molecule has 0 aromatic heterocycles. The third kappa shape index (κ3) is 24.4. The van der Waals surface area contributed by atoms with E-state index in [-0.39, 0.29) is 52.2 Å². The van der Waals surface area contributed by atoms with Crippen molar-refractivity contribution < 1.29 is 10.6 Å². The topological polar surface area (TPSA) is 168 Å². The summed E-state index contributed by atoms with van der Waals surface area (Å²) >= 11 is 0. The minimum absolute atomic E-state index is 0. The van der Waals surface area contributed by atoms with Gasteiger partial charge in [0.2, 0.25) is 6.04 Å². The van der Waals surface area contributed by atoms with Crippen LogP contribution in [0.1, 0.15) is 96.4 Å². The first-order chi connectivity index (χ1) is 31.2. The van der Waals surface area contributed by atoms with Gasteiger partial charge in [0.25, 0.3) is 0 Å². The van der Waals surface area contributed by atoms with Crippen molar-refractivity contribution in [3.05, 3.63) is 155 Å². The Balaban J connectivity index is 0.000000429. The predicted octanol–water partition coefficient (Wildman–Crippen LogP) is 8.57. The van der Waals surface area contributed by atoms with Crippen molar-refractivity contribution >= 4 is 9.90 Å². The van der Waals surface area contributed by atoms with Crippen LogP contribution in [0.2, 0.25) is 0 Å². The van der Waals surface area contributed by atoms with Gasteiger partial charge in [-0.25, -0.2) is 6.57 Å². The standard InChI is InChI=1S/C14H22N2.C12H14N2.C12H17N.C11H15NO.C7H16N2.CH4.H3N.H2O.H3P/c1-14(2,15)13-8-9-16(11-13)10-12-6-4-3-5-7-12;1-13-12-7-8-14(10-12)9-11-5-3-2-4-6-11;1-11-7-8-13(9-11)10-12-5-3-2-4-6-12;13-11-6-7-12(9-11)8-10-4-2-1-3-5-10;1-7(2,8)6-3-4-9-5-6;;;;/h3-7,13H,8-11,15H2,1-2H3;2-6,12H,7-10H2;2-6,11H,7-10H2,1H3;1-5,11,13H,6-9H2;6,9H,3-5,8H2,1-2H3;1H4;1H3;1H2;1H3/t13-;12-;2*11-;6-;;;;/m11001..../s1. The van der Waals surface area contributed by atoms with Gasteiger partial charge < -0.3 is 38.4 Å². The van der Waals surface area contributed by atoms with E-state index >= 15 is 0 Å². The molecule has 4 aromatic carbocycles. The van der Waals surface area contributed by atoms with Crippen LogP contribution in [0, 0.1) is 24.3 Å². The summed E-state index contributed by atoms with van der Waals surface area (Å²) in [6.07, 6.45) is 5.69. The van der Waals surface area contributed by atoms with Crippen molar-refractivity contribution in [2.75, 3.05) is 65.4 Å². The number of nitrogens with zero attached hydrogens (tertiary/aromatic N) is 5. The number of aliphatic hydroxyl groups is 1. The molecule has 4 aromatic rings. The SMILES string of the molecule is C.CC(C)(N)[C@@H]1CCN(Cc2ccccc2)C1.CC(C)(N)[C@@H]1CCNC1.C[C@H]1CCN(Cc2ccccc2)C1.N.O.O[C@H]1CCN(Cc2ccccc2)C1.P.[C-]#[N+][C@@H]1CCN(Cc2ccccc2)C1. The molecule has 5 saturated heterocycles. The number of benzene rings is 4. The van der Waals surface area contributed by atoms with E-state index < -0.39 is 0 Å². The van der Waals surface area contributed by atoms with Crippen LogP contribution in [-0.4, -0.2) is 119 Å². The van der Waals surface area contributed by atoms with Gasteiger partial charge in [0.05, 0.1) is 12.6 Å². The third-order valence-electron chi connectivity index (χ3n) is 13.6. The molecule has 0 radical (unpaired) electrons. The van der Waals surface area contributed by atoms with E-state index in [1.54, 1.807) is 0 Å². The first-order valence-electron chi connectivity index (χ1n) is 24.6. The molecule has 0 bridgehead atoms. The highest BCUT2D eigenvalue weighted by Crippen LogP contribution is 2.26. The first kappa shape index (κ1) is 63.4. The molecule has 0 aliphatic carbocycles. The van der Waals surface area contributed by atoms with Gasteiger partial charge in [-0.05, 0) is 120 Å². The molecule has 6 atom stereocenters. The highest BCUT2D eigenvalue weighted by molar-refractivity contribution is 6.92. The van der Waals surface area contributed by atoms with E-state index in [0.29, 0.717) is 11.8 Å². The van der Waals surface area contributed by atoms with Crippen LogP contribution in [0.15, 0.2) is 121 Å². The molecule has 0 amide bonds. The second-order valence-electron chi connectivity index (χ2n) is 20.6. The number of nitrogens with two attached hydrogens (primary N) is 2. The minimum Gasteiger partial charge on any atom is -0.412 e. The second-order valence-corrected chi connectivity index (χ2v) is 20.6. The normalized spacial score (nSPS) is 22.4. The fourth-order valence-corrected chi connectivity index (χ4v) is 9.43. The van der Waals surface area contributed by atoms with Crippen LogP contribution < -0.4 is 22.9 Å². The maximum atomic E-state index is 9.34. The highest BCUT2D eigenvalue weighted by Gasteiger charge is 2.32. The van der Waals surface area contributed by atoms with Gasteiger partial charge in [0.1, 0.15) is 0 Å². The van der Waals surface area contributed by atoms with Crippen molar-refractivity contribution in [3.8, 4) is 0 Å². The Kier molecular flexibility index (Phi) is 30.4. The summed E-state index contributed by atoms with van der Waals surface area (Å²) in [5.41, 5.74) is 17.6. The Labute approximate surface area is 423 Å². The van der Waals surface area contributed by atoms with E-state index in [1.807, 2.05) is 12.1 Å². The summed E-state index contributed by atoms with van der Waals surface area (Å²) in [7, 11) is 0. The number of hydrogen-bond donors (Lipinski definition) is 5. The minimum atomic E-state index is -0.108. The molecule has 5 aliphatic heterocycles. The molecule has 5 heterocycles. The highest BCUT2D eigenvalue weighted by atomic mass is 31.0. The maximum absolute atomic E-state index is 9.34. The lowest BCUT2D eigenvalue weighted by Gasteiger charge is -2.27. The van der Waals surface area contributed by atoms with Gasteiger partial charge in [0, 0.05) is 76.4 Å². The largest absolute Gasteiger partial charge is 0.412 e. The molecular weight excluding hydrogens is 874 g/mol. The molecule has 69 heavy (non-hydrogen) atoms. The van der Waals surface area contributed by atoms with Gasteiger partial charge in [-0.15, -0.1) is 0 Å². The van der Waals surface area contributed by atoms with Gasteiger partial charge in [-0.2, -0.15) is 9.90 Å². The number of β-amino-alcohol motifs (C(OH)–C–C–N with tert-alkyl or cyclic N) is 1. The molecule has 9 rings (SSSR count). The van der Waals surface area contributed by atoms with Gasteiger partial charge in [-0.3, -0.25) is 19.6 Å². The lowest BCUT2D eigenvalue weighted by atomic mass is 9.88. The van der Waals surface area contributed by atoms with Crippen molar-refractivity contribution in [2.24, 2.45) is 29.2 Å². The second kappa shape index (κ2) is 33.1. The van der Waals surface area contributed by atoms with E-state index in [0.717, 1.165) is 90.8 Å². The van der Waals surface area contributed by atoms with Crippen LogP contribution in [0.5, 0.6) is 0 Å². The number of aliphatic hydroxyl groups excluding tert-OH is 1. The molecule has 11 nitrogen and oxygen atoms in total. The van der Waals surface area contributed by atoms with Crippen LogP contribution in [0.3, 0.4) is 0 Å². The summed E-state index contributed by atoms with van der Waals surface area (Å²) in [4.78, 5) is 13.3. The average Bonchev–Trinajstić information content (AvgIpc) is 4.16.